The Morgan fingerprint density at radius 1 is 1.03 bits per heavy atom. The average molecular weight is 539 g/mol. The summed E-state index contributed by atoms with van der Waals surface area (Å²) in [6.07, 6.45) is 6.42. The van der Waals surface area contributed by atoms with Gasteiger partial charge in [-0.05, 0) is 84.7 Å². The van der Waals surface area contributed by atoms with Gasteiger partial charge in [0.15, 0.2) is 0 Å². The second-order valence-corrected chi connectivity index (χ2v) is 10.9. The molecule has 39 heavy (non-hydrogen) atoms. The molecule has 0 saturated carbocycles. The van der Waals surface area contributed by atoms with E-state index in [1.165, 1.54) is 12.5 Å². The predicted octanol–water partition coefficient (Wildman–Crippen LogP) is 5.08. The lowest BCUT2D eigenvalue weighted by atomic mass is 9.74. The molecular formula is C31H42N2O6. The van der Waals surface area contributed by atoms with Crippen LogP contribution in [0, 0.1) is 5.92 Å². The van der Waals surface area contributed by atoms with Gasteiger partial charge in [0.1, 0.15) is 11.5 Å². The molecule has 0 aromatic heterocycles. The first-order valence-electron chi connectivity index (χ1n) is 13.9. The van der Waals surface area contributed by atoms with Gasteiger partial charge in [-0.25, -0.2) is 9.59 Å². The zero-order chi connectivity index (χ0) is 28.6. The number of carbonyl (C=O) groups is 3. The molecule has 0 N–H and O–H groups in total. The van der Waals surface area contributed by atoms with E-state index in [-0.39, 0.29) is 13.2 Å². The molecule has 212 valence electrons. The summed E-state index contributed by atoms with van der Waals surface area (Å²) in [4.78, 5) is 46.5. The minimum atomic E-state index is -0.814. The Bertz CT molecular complexity index is 1140. The molecule has 2 atom stereocenters. The minimum absolute atomic E-state index is 0.193. The van der Waals surface area contributed by atoms with Gasteiger partial charge >= 0.3 is 17.9 Å². The SMILES string of the molecule is CCOC(=O)C1=C(CN2CCCCC2)N=C(C)C(C(=O)OCC)C1c1ccccc1C=CC(=O)OC(C)(C)C. The number of rotatable bonds is 9. The topological polar surface area (TPSA) is 94.5 Å². The van der Waals surface area contributed by atoms with Crippen molar-refractivity contribution in [2.24, 2.45) is 10.9 Å². The molecular weight excluding hydrogens is 496 g/mol. The van der Waals surface area contributed by atoms with Crippen molar-refractivity contribution in [3.05, 3.63) is 52.7 Å². The van der Waals surface area contributed by atoms with E-state index in [2.05, 4.69) is 4.90 Å². The molecule has 2 aliphatic rings. The van der Waals surface area contributed by atoms with E-state index in [1.807, 2.05) is 31.2 Å². The summed E-state index contributed by atoms with van der Waals surface area (Å²) in [7, 11) is 0. The van der Waals surface area contributed by atoms with Crippen molar-refractivity contribution >= 4 is 29.7 Å². The molecule has 0 aliphatic carbocycles. The maximum absolute atomic E-state index is 13.6. The lowest BCUT2D eigenvalue weighted by Gasteiger charge is -2.35. The third-order valence-corrected chi connectivity index (χ3v) is 6.71. The highest BCUT2D eigenvalue weighted by atomic mass is 16.6. The Labute approximate surface area is 232 Å². The van der Waals surface area contributed by atoms with E-state index in [9.17, 15) is 14.4 Å². The van der Waals surface area contributed by atoms with E-state index < -0.39 is 35.3 Å². The van der Waals surface area contributed by atoms with Crippen LogP contribution in [-0.2, 0) is 28.6 Å². The molecule has 2 unspecified atom stereocenters. The Balaban J connectivity index is 2.17. The molecule has 8 heteroatoms. The molecule has 1 saturated heterocycles. The van der Waals surface area contributed by atoms with Crippen LogP contribution in [0.1, 0.15) is 77.8 Å². The van der Waals surface area contributed by atoms with E-state index in [0.717, 1.165) is 25.9 Å². The molecule has 1 aromatic carbocycles. The van der Waals surface area contributed by atoms with Crippen LogP contribution in [0.2, 0.25) is 0 Å². The average Bonchev–Trinajstić information content (AvgIpc) is 2.87. The highest BCUT2D eigenvalue weighted by molar-refractivity contribution is 6.07. The van der Waals surface area contributed by atoms with Crippen molar-refractivity contribution in [2.75, 3.05) is 32.8 Å². The van der Waals surface area contributed by atoms with Gasteiger partial charge in [0, 0.05) is 24.3 Å². The zero-order valence-electron chi connectivity index (χ0n) is 24.1. The Hall–Kier alpha value is -3.26. The van der Waals surface area contributed by atoms with Crippen molar-refractivity contribution in [1.29, 1.82) is 0 Å². The van der Waals surface area contributed by atoms with Crippen LogP contribution in [0.25, 0.3) is 6.08 Å². The van der Waals surface area contributed by atoms with Crippen molar-refractivity contribution in [2.45, 2.75) is 72.3 Å². The fourth-order valence-corrected chi connectivity index (χ4v) is 5.15. The number of ether oxygens (including phenoxy) is 3. The lowest BCUT2D eigenvalue weighted by Crippen LogP contribution is -2.39. The molecule has 0 amide bonds. The normalized spacial score (nSPS) is 20.5. The number of hydrogen-bond acceptors (Lipinski definition) is 8. The van der Waals surface area contributed by atoms with Gasteiger partial charge in [0.2, 0.25) is 0 Å². The minimum Gasteiger partial charge on any atom is -0.465 e. The fourth-order valence-electron chi connectivity index (χ4n) is 5.15. The highest BCUT2D eigenvalue weighted by Crippen LogP contribution is 2.42. The molecule has 2 aliphatic heterocycles. The summed E-state index contributed by atoms with van der Waals surface area (Å²) < 4.78 is 16.5. The second kappa shape index (κ2) is 13.7. The standard InChI is InChI=1S/C31H42N2O6/c1-7-37-29(35)26-21(3)32-24(20-33-18-12-9-13-19-33)28(30(36)38-8-2)27(26)23-15-11-10-14-22(23)16-17-25(34)39-31(4,5)6/h10-11,14-17,26-27H,7-9,12-13,18-20H2,1-6H3. The van der Waals surface area contributed by atoms with Gasteiger partial charge in [0.25, 0.3) is 0 Å². The van der Waals surface area contributed by atoms with Crippen LogP contribution in [0.5, 0.6) is 0 Å². The van der Waals surface area contributed by atoms with E-state index >= 15 is 0 Å². The lowest BCUT2D eigenvalue weighted by molar-refractivity contribution is -0.149. The first-order chi connectivity index (χ1) is 18.6. The molecule has 2 heterocycles. The number of nitrogens with zero attached hydrogens (tertiary/aromatic N) is 2. The summed E-state index contributed by atoms with van der Waals surface area (Å²) in [5, 5.41) is 0. The molecule has 0 radical (unpaired) electrons. The van der Waals surface area contributed by atoms with Crippen LogP contribution in [-0.4, -0.2) is 67.0 Å². The van der Waals surface area contributed by atoms with Crippen LogP contribution in [0.4, 0.5) is 0 Å². The van der Waals surface area contributed by atoms with E-state index in [1.54, 1.807) is 40.7 Å². The third-order valence-electron chi connectivity index (χ3n) is 6.71. The maximum atomic E-state index is 13.6. The summed E-state index contributed by atoms with van der Waals surface area (Å²) in [5.41, 5.74) is 2.34. The second-order valence-electron chi connectivity index (χ2n) is 10.9. The summed E-state index contributed by atoms with van der Waals surface area (Å²) >= 11 is 0. The highest BCUT2D eigenvalue weighted by Gasteiger charge is 2.44. The monoisotopic (exact) mass is 538 g/mol. The Kier molecular flexibility index (Phi) is 10.6. The van der Waals surface area contributed by atoms with Crippen molar-refractivity contribution in [1.82, 2.24) is 4.90 Å². The third kappa shape index (κ3) is 8.12. The first kappa shape index (κ1) is 30.3. The molecule has 8 nitrogen and oxygen atoms in total. The van der Waals surface area contributed by atoms with Crippen LogP contribution in [0.3, 0.4) is 0 Å². The van der Waals surface area contributed by atoms with Gasteiger partial charge in [-0.1, -0.05) is 30.7 Å². The van der Waals surface area contributed by atoms with Gasteiger partial charge in [-0.3, -0.25) is 14.7 Å². The van der Waals surface area contributed by atoms with Crippen LogP contribution in [0.15, 0.2) is 46.6 Å². The van der Waals surface area contributed by atoms with Gasteiger partial charge < -0.3 is 14.2 Å². The fraction of sp³-hybridized carbons (Fsp3) is 0.548. The summed E-state index contributed by atoms with van der Waals surface area (Å²) in [5.74, 6) is -2.93. The van der Waals surface area contributed by atoms with Crippen LogP contribution >= 0.6 is 0 Å². The van der Waals surface area contributed by atoms with E-state index in [4.69, 9.17) is 19.2 Å². The van der Waals surface area contributed by atoms with Crippen LogP contribution < -0.4 is 0 Å². The largest absolute Gasteiger partial charge is 0.465 e. The molecule has 3 rings (SSSR count). The number of piperidine rings is 1. The summed E-state index contributed by atoms with van der Waals surface area (Å²) in [6, 6.07) is 7.44. The molecule has 0 bridgehead atoms. The number of benzene rings is 1. The smallest absolute Gasteiger partial charge is 0.336 e. The number of esters is 3. The van der Waals surface area contributed by atoms with Gasteiger partial charge in [-0.15, -0.1) is 0 Å². The Morgan fingerprint density at radius 3 is 2.33 bits per heavy atom. The van der Waals surface area contributed by atoms with Gasteiger partial charge in [0.05, 0.1) is 24.5 Å². The van der Waals surface area contributed by atoms with Crippen molar-refractivity contribution in [3.8, 4) is 0 Å². The molecule has 1 fully saturated rings. The quantitative estimate of drug-likeness (QED) is 0.246. The summed E-state index contributed by atoms with van der Waals surface area (Å²) in [6.45, 7) is 13.5. The maximum Gasteiger partial charge on any atom is 0.336 e. The molecule has 1 aromatic rings. The van der Waals surface area contributed by atoms with E-state index in [0.29, 0.717) is 34.7 Å². The number of carbonyl (C=O) groups excluding carboxylic acids is 3. The van der Waals surface area contributed by atoms with Crippen molar-refractivity contribution in [3.63, 3.8) is 0 Å². The predicted molar refractivity (Wildman–Crippen MR) is 151 cm³/mol. The van der Waals surface area contributed by atoms with Crippen molar-refractivity contribution < 1.29 is 28.6 Å². The molecule has 0 spiro atoms. The number of likely N-dealkylation sites (tertiary alicyclic amines) is 1. The first-order valence-corrected chi connectivity index (χ1v) is 13.9. The number of aliphatic imine (C=N–C) groups is 1. The van der Waals surface area contributed by atoms with Gasteiger partial charge in [-0.2, -0.15) is 0 Å². The zero-order valence-corrected chi connectivity index (χ0v) is 24.1. The number of hydrogen-bond donors (Lipinski definition) is 0. The Morgan fingerprint density at radius 2 is 1.69 bits per heavy atom.